The number of thioether (sulfide) groups is 1. The van der Waals surface area contributed by atoms with Crippen LogP contribution >= 0.6 is 11.8 Å². The molecule has 0 radical (unpaired) electrons. The van der Waals surface area contributed by atoms with Crippen LogP contribution in [0.5, 0.6) is 0 Å². The topological polar surface area (TPSA) is 119 Å². The number of amides is 1. The third-order valence-corrected chi connectivity index (χ3v) is 6.01. The molecule has 1 N–H and O–H groups in total. The number of carbonyl (C=O) groups is 1. The van der Waals surface area contributed by atoms with E-state index in [0.717, 1.165) is 54.4 Å². The first-order valence-electron chi connectivity index (χ1n) is 9.40. The Hall–Kier alpha value is -2.98. The molecule has 10 heteroatoms. The molecule has 0 saturated carbocycles. The first-order valence-corrected chi connectivity index (χ1v) is 10.6. The number of anilines is 1. The molecule has 9 nitrogen and oxygen atoms in total. The maximum Gasteiger partial charge on any atom is 0.279 e. The largest absolute Gasteiger partial charge is 0.322 e. The van der Waals surface area contributed by atoms with Crippen LogP contribution < -0.4 is 5.32 Å². The van der Waals surface area contributed by atoms with E-state index in [1.54, 1.807) is 6.07 Å². The first kappa shape index (κ1) is 21.7. The summed E-state index contributed by atoms with van der Waals surface area (Å²) in [5, 5.41) is 25.1. The van der Waals surface area contributed by atoms with Crippen LogP contribution in [0.3, 0.4) is 0 Å². The Morgan fingerprint density at radius 2 is 1.80 bits per heavy atom. The number of non-ortho nitro benzene ring substituents is 1. The van der Waals surface area contributed by atoms with Crippen LogP contribution in [0, 0.1) is 34.1 Å². The molecule has 0 atom stereocenters. The summed E-state index contributed by atoms with van der Waals surface area (Å²) in [5.41, 5.74) is 1.59. The molecule has 158 valence electrons. The van der Waals surface area contributed by atoms with Crippen molar-refractivity contribution >= 4 is 34.7 Å². The van der Waals surface area contributed by atoms with Gasteiger partial charge in [0, 0.05) is 48.5 Å². The summed E-state index contributed by atoms with van der Waals surface area (Å²) in [6.45, 7) is 6.21. The quantitative estimate of drug-likeness (QED) is 0.545. The van der Waals surface area contributed by atoms with Crippen LogP contribution in [0.1, 0.15) is 27.0 Å². The first-order chi connectivity index (χ1) is 14.3. The minimum Gasteiger partial charge on any atom is -0.322 e. The number of aryl methyl sites for hydroxylation is 1. The molecule has 1 aliphatic rings. The molecule has 3 rings (SSSR count). The van der Waals surface area contributed by atoms with Crippen LogP contribution in [0.4, 0.5) is 17.1 Å². The Morgan fingerprint density at radius 1 is 1.10 bits per heavy atom. The monoisotopic (exact) mass is 430 g/mol. The minimum atomic E-state index is -0.748. The minimum absolute atomic E-state index is 0.0836. The number of hydrogen-bond donors (Lipinski definition) is 1. The van der Waals surface area contributed by atoms with Gasteiger partial charge >= 0.3 is 0 Å². The predicted octanol–water partition coefficient (Wildman–Crippen LogP) is 3.92. The Bertz CT molecular complexity index is 1000. The molecule has 1 heterocycles. The van der Waals surface area contributed by atoms with E-state index in [-0.39, 0.29) is 11.1 Å². The zero-order chi connectivity index (χ0) is 21.8. The number of rotatable bonds is 6. The Kier molecular flexibility index (Phi) is 6.68. The van der Waals surface area contributed by atoms with Crippen LogP contribution in [-0.2, 0) is 6.54 Å². The fourth-order valence-electron chi connectivity index (χ4n) is 3.39. The summed E-state index contributed by atoms with van der Waals surface area (Å²) >= 11 is 1.95. The molecule has 0 spiro atoms. The van der Waals surface area contributed by atoms with Gasteiger partial charge in [-0.3, -0.25) is 29.9 Å². The smallest absolute Gasteiger partial charge is 0.279 e. The van der Waals surface area contributed by atoms with Gasteiger partial charge in [0.2, 0.25) is 0 Å². The highest BCUT2D eigenvalue weighted by molar-refractivity contribution is 7.99. The van der Waals surface area contributed by atoms with Gasteiger partial charge in [-0.15, -0.1) is 0 Å². The van der Waals surface area contributed by atoms with Crippen LogP contribution in [0.2, 0.25) is 0 Å². The second-order valence-electron chi connectivity index (χ2n) is 7.14. The zero-order valence-corrected chi connectivity index (χ0v) is 17.5. The average molecular weight is 430 g/mol. The summed E-state index contributed by atoms with van der Waals surface area (Å²) in [5.74, 6) is 1.63. The molecule has 2 aromatic rings. The predicted molar refractivity (Wildman–Crippen MR) is 116 cm³/mol. The fourth-order valence-corrected chi connectivity index (χ4v) is 4.37. The van der Waals surface area contributed by atoms with E-state index in [9.17, 15) is 25.0 Å². The van der Waals surface area contributed by atoms with Crippen molar-refractivity contribution in [3.05, 3.63) is 72.8 Å². The van der Waals surface area contributed by atoms with Crippen molar-refractivity contribution < 1.29 is 14.6 Å². The number of nitro groups is 2. The third kappa shape index (κ3) is 4.95. The number of benzene rings is 2. The summed E-state index contributed by atoms with van der Waals surface area (Å²) in [7, 11) is 0. The molecule has 1 saturated heterocycles. The summed E-state index contributed by atoms with van der Waals surface area (Å²) < 4.78 is 0. The lowest BCUT2D eigenvalue weighted by Crippen LogP contribution is -2.31. The Labute approximate surface area is 177 Å². The summed E-state index contributed by atoms with van der Waals surface area (Å²) in [4.78, 5) is 36.0. The van der Waals surface area contributed by atoms with Crippen molar-refractivity contribution in [1.29, 1.82) is 0 Å². The summed E-state index contributed by atoms with van der Waals surface area (Å²) in [6.07, 6.45) is 0. The molecule has 0 bridgehead atoms. The Balaban J connectivity index is 1.81. The normalized spacial score (nSPS) is 14.3. The molecular formula is C20H22N4O5S. The van der Waals surface area contributed by atoms with Gasteiger partial charge in [-0.1, -0.05) is 12.1 Å². The van der Waals surface area contributed by atoms with E-state index in [1.165, 1.54) is 6.92 Å². The third-order valence-electron chi connectivity index (χ3n) is 5.07. The average Bonchev–Trinajstić information content (AvgIpc) is 2.70. The molecular weight excluding hydrogens is 408 g/mol. The number of nitrogens with one attached hydrogen (secondary N) is 1. The second kappa shape index (κ2) is 9.23. The van der Waals surface area contributed by atoms with E-state index in [1.807, 2.05) is 30.8 Å². The van der Waals surface area contributed by atoms with E-state index < -0.39 is 27.1 Å². The number of carbonyl (C=O) groups excluding carboxylic acids is 1. The molecule has 2 aromatic carbocycles. The number of nitrogens with zero attached hydrogens (tertiary/aromatic N) is 3. The van der Waals surface area contributed by atoms with E-state index in [4.69, 9.17) is 0 Å². The molecule has 0 aliphatic carbocycles. The van der Waals surface area contributed by atoms with E-state index in [0.29, 0.717) is 5.69 Å². The van der Waals surface area contributed by atoms with Gasteiger partial charge in [0.15, 0.2) is 0 Å². The van der Waals surface area contributed by atoms with Crippen molar-refractivity contribution in [2.75, 3.05) is 29.9 Å². The van der Waals surface area contributed by atoms with Gasteiger partial charge in [0.05, 0.1) is 21.5 Å². The maximum absolute atomic E-state index is 12.8. The van der Waals surface area contributed by atoms with Crippen LogP contribution in [0.15, 0.2) is 30.3 Å². The Morgan fingerprint density at radius 3 is 2.40 bits per heavy atom. The lowest BCUT2D eigenvalue weighted by molar-refractivity contribution is -0.394. The van der Waals surface area contributed by atoms with Crippen molar-refractivity contribution in [3.63, 3.8) is 0 Å². The highest BCUT2D eigenvalue weighted by atomic mass is 32.2. The molecule has 1 fully saturated rings. The van der Waals surface area contributed by atoms with Crippen molar-refractivity contribution in [3.8, 4) is 0 Å². The highest BCUT2D eigenvalue weighted by Gasteiger charge is 2.25. The van der Waals surface area contributed by atoms with Crippen molar-refractivity contribution in [2.45, 2.75) is 20.4 Å². The lowest BCUT2D eigenvalue weighted by Gasteiger charge is -2.26. The van der Waals surface area contributed by atoms with Gasteiger partial charge in [0.25, 0.3) is 17.3 Å². The molecule has 0 unspecified atom stereocenters. The number of hydrogen-bond acceptors (Lipinski definition) is 7. The zero-order valence-electron chi connectivity index (χ0n) is 16.7. The molecule has 30 heavy (non-hydrogen) atoms. The van der Waals surface area contributed by atoms with Crippen LogP contribution in [0.25, 0.3) is 0 Å². The fraction of sp³-hybridized carbons (Fsp3) is 0.350. The molecule has 1 aliphatic heterocycles. The SMILES string of the molecule is Cc1cc(CN2CCSCC2)ccc1NC(=O)c1cc([N+](=O)[O-])cc([N+](=O)[O-])c1C. The van der Waals surface area contributed by atoms with Crippen molar-refractivity contribution in [2.24, 2.45) is 0 Å². The summed E-state index contributed by atoms with van der Waals surface area (Å²) in [6, 6.07) is 7.66. The van der Waals surface area contributed by atoms with Gasteiger partial charge < -0.3 is 5.32 Å². The standard InChI is InChI=1S/C20H22N4O5S/c1-13-9-15(12-22-5-7-30-8-6-22)3-4-18(13)21-20(25)17-10-16(23(26)27)11-19(14(17)2)24(28)29/h3-4,9-11H,5-8,12H2,1-2H3,(H,21,25). The number of nitro benzene ring substituents is 2. The molecule has 0 aromatic heterocycles. The van der Waals surface area contributed by atoms with Gasteiger partial charge in [-0.05, 0) is 31.0 Å². The van der Waals surface area contributed by atoms with Gasteiger partial charge in [0.1, 0.15) is 0 Å². The van der Waals surface area contributed by atoms with Crippen molar-refractivity contribution in [1.82, 2.24) is 4.90 Å². The van der Waals surface area contributed by atoms with Crippen LogP contribution in [-0.4, -0.2) is 45.2 Å². The lowest BCUT2D eigenvalue weighted by atomic mass is 10.0. The van der Waals surface area contributed by atoms with E-state index in [2.05, 4.69) is 10.2 Å². The maximum atomic E-state index is 12.8. The second-order valence-corrected chi connectivity index (χ2v) is 8.37. The molecule has 1 amide bonds. The van der Waals surface area contributed by atoms with Gasteiger partial charge in [-0.25, -0.2) is 0 Å². The highest BCUT2D eigenvalue weighted by Crippen LogP contribution is 2.29. The van der Waals surface area contributed by atoms with E-state index >= 15 is 0 Å². The van der Waals surface area contributed by atoms with Gasteiger partial charge in [-0.2, -0.15) is 11.8 Å².